The van der Waals surface area contributed by atoms with Crippen LogP contribution in [0.25, 0.3) is 0 Å². The van der Waals surface area contributed by atoms with Crippen molar-refractivity contribution in [3.05, 3.63) is 0 Å². The highest BCUT2D eigenvalue weighted by Gasteiger charge is 2.25. The number of carbonyl (C=O) groups excluding carboxylic acids is 1. The van der Waals surface area contributed by atoms with Crippen molar-refractivity contribution >= 4 is 5.91 Å². The molecule has 0 aromatic heterocycles. The van der Waals surface area contributed by atoms with Crippen molar-refractivity contribution in [2.24, 2.45) is 5.41 Å². The molecule has 0 atom stereocenters. The molecule has 5 heteroatoms. The minimum Gasteiger partial charge on any atom is -0.339 e. The monoisotopic (exact) mass is 296 g/mol. The normalized spacial score (nSPS) is 23.5. The van der Waals surface area contributed by atoms with Gasteiger partial charge in [0.05, 0.1) is 6.54 Å². The zero-order valence-electron chi connectivity index (χ0n) is 14.3. The number of likely N-dealkylation sites (N-methyl/N-ethyl adjacent to an activating group) is 1. The first-order valence-corrected chi connectivity index (χ1v) is 8.24. The number of rotatable bonds is 3. The van der Waals surface area contributed by atoms with Crippen LogP contribution in [0.5, 0.6) is 0 Å². The fraction of sp³-hybridized carbons (Fsp3) is 0.938. The number of hydrogen-bond acceptors (Lipinski definition) is 4. The van der Waals surface area contributed by atoms with Crippen molar-refractivity contribution in [3.8, 4) is 0 Å². The molecule has 0 bridgehead atoms. The van der Waals surface area contributed by atoms with Gasteiger partial charge in [-0.25, -0.2) is 0 Å². The summed E-state index contributed by atoms with van der Waals surface area (Å²) in [5.74, 6) is 0.315. The van der Waals surface area contributed by atoms with E-state index in [9.17, 15) is 4.79 Å². The molecular weight excluding hydrogens is 264 g/mol. The summed E-state index contributed by atoms with van der Waals surface area (Å²) in [4.78, 5) is 21.6. The minimum absolute atomic E-state index is 0.315. The van der Waals surface area contributed by atoms with Crippen LogP contribution in [0.1, 0.15) is 20.8 Å². The standard InChI is InChI=1S/C16H32N4O/c1-16(2,3)14-19-9-11-20(12-10-19)15(21)13-18-7-5-17(4)6-8-18/h5-14H2,1-4H3. The first-order valence-electron chi connectivity index (χ1n) is 8.24. The largest absolute Gasteiger partial charge is 0.339 e. The molecule has 21 heavy (non-hydrogen) atoms. The van der Waals surface area contributed by atoms with E-state index in [1.54, 1.807) is 0 Å². The third-order valence-electron chi connectivity index (χ3n) is 4.38. The molecule has 2 saturated heterocycles. The fourth-order valence-corrected chi connectivity index (χ4v) is 3.12. The molecule has 2 fully saturated rings. The average molecular weight is 296 g/mol. The van der Waals surface area contributed by atoms with Crippen LogP contribution in [0.2, 0.25) is 0 Å². The molecule has 0 spiro atoms. The Morgan fingerprint density at radius 3 is 1.90 bits per heavy atom. The second-order valence-electron chi connectivity index (χ2n) is 7.80. The Bertz CT molecular complexity index is 337. The van der Waals surface area contributed by atoms with Crippen molar-refractivity contribution in [1.29, 1.82) is 0 Å². The van der Waals surface area contributed by atoms with Gasteiger partial charge >= 0.3 is 0 Å². The molecule has 0 N–H and O–H groups in total. The highest BCUT2D eigenvalue weighted by molar-refractivity contribution is 5.78. The van der Waals surface area contributed by atoms with Gasteiger partial charge in [-0.2, -0.15) is 0 Å². The molecule has 0 aromatic carbocycles. The maximum atomic E-state index is 12.4. The summed E-state index contributed by atoms with van der Waals surface area (Å²) in [7, 11) is 2.15. The summed E-state index contributed by atoms with van der Waals surface area (Å²) in [6.45, 7) is 16.6. The van der Waals surface area contributed by atoms with Crippen LogP contribution in [0.3, 0.4) is 0 Å². The lowest BCUT2D eigenvalue weighted by Gasteiger charge is -2.39. The Morgan fingerprint density at radius 2 is 1.38 bits per heavy atom. The zero-order valence-corrected chi connectivity index (χ0v) is 14.3. The minimum atomic E-state index is 0.315. The molecule has 1 amide bonds. The van der Waals surface area contributed by atoms with E-state index in [2.05, 4.69) is 47.4 Å². The van der Waals surface area contributed by atoms with Gasteiger partial charge in [0.15, 0.2) is 0 Å². The lowest BCUT2D eigenvalue weighted by molar-refractivity contribution is -0.134. The van der Waals surface area contributed by atoms with Crippen molar-refractivity contribution in [1.82, 2.24) is 19.6 Å². The van der Waals surface area contributed by atoms with Crippen LogP contribution in [0.4, 0.5) is 0 Å². The highest BCUT2D eigenvalue weighted by Crippen LogP contribution is 2.16. The second-order valence-corrected chi connectivity index (χ2v) is 7.80. The maximum Gasteiger partial charge on any atom is 0.236 e. The number of carbonyl (C=O) groups is 1. The number of piperazine rings is 2. The summed E-state index contributed by atoms with van der Waals surface area (Å²) >= 11 is 0. The molecule has 0 aromatic rings. The van der Waals surface area contributed by atoms with Crippen molar-refractivity contribution in [2.45, 2.75) is 20.8 Å². The van der Waals surface area contributed by atoms with E-state index in [4.69, 9.17) is 0 Å². The van der Waals surface area contributed by atoms with E-state index in [0.29, 0.717) is 17.9 Å². The topological polar surface area (TPSA) is 30.0 Å². The molecule has 0 aliphatic carbocycles. The lowest BCUT2D eigenvalue weighted by atomic mass is 9.96. The van der Waals surface area contributed by atoms with Crippen LogP contribution in [0.15, 0.2) is 0 Å². The number of hydrogen-bond donors (Lipinski definition) is 0. The van der Waals surface area contributed by atoms with E-state index in [0.717, 1.165) is 58.9 Å². The van der Waals surface area contributed by atoms with Gasteiger partial charge in [0.1, 0.15) is 0 Å². The quantitative estimate of drug-likeness (QED) is 0.755. The number of nitrogens with zero attached hydrogens (tertiary/aromatic N) is 4. The van der Waals surface area contributed by atoms with E-state index >= 15 is 0 Å². The molecular formula is C16H32N4O. The third-order valence-corrected chi connectivity index (χ3v) is 4.38. The van der Waals surface area contributed by atoms with E-state index in [-0.39, 0.29) is 0 Å². The molecule has 122 valence electrons. The molecule has 2 rings (SSSR count). The van der Waals surface area contributed by atoms with Gasteiger partial charge in [-0.1, -0.05) is 20.8 Å². The van der Waals surface area contributed by atoms with E-state index < -0.39 is 0 Å². The van der Waals surface area contributed by atoms with Gasteiger partial charge in [-0.3, -0.25) is 14.6 Å². The van der Waals surface area contributed by atoms with Crippen LogP contribution in [-0.2, 0) is 4.79 Å². The Balaban J connectivity index is 1.70. The Hall–Kier alpha value is -0.650. The SMILES string of the molecule is CN1CCN(CC(=O)N2CCN(CC(C)(C)C)CC2)CC1. The van der Waals surface area contributed by atoms with Gasteiger partial charge in [-0.15, -0.1) is 0 Å². The Morgan fingerprint density at radius 1 is 0.857 bits per heavy atom. The molecule has 2 heterocycles. The average Bonchev–Trinajstić information content (AvgIpc) is 2.40. The summed E-state index contributed by atoms with van der Waals surface area (Å²) < 4.78 is 0. The molecule has 2 aliphatic rings. The molecule has 0 radical (unpaired) electrons. The van der Waals surface area contributed by atoms with E-state index in [1.165, 1.54) is 0 Å². The fourth-order valence-electron chi connectivity index (χ4n) is 3.12. The summed E-state index contributed by atoms with van der Waals surface area (Å²) in [6.07, 6.45) is 0. The van der Waals surface area contributed by atoms with Crippen LogP contribution < -0.4 is 0 Å². The van der Waals surface area contributed by atoms with Crippen molar-refractivity contribution in [2.75, 3.05) is 72.5 Å². The lowest BCUT2D eigenvalue weighted by Crippen LogP contribution is -2.54. The van der Waals surface area contributed by atoms with Crippen molar-refractivity contribution < 1.29 is 4.79 Å². The molecule has 2 aliphatic heterocycles. The van der Waals surface area contributed by atoms with Crippen molar-refractivity contribution in [3.63, 3.8) is 0 Å². The first-order chi connectivity index (χ1) is 9.83. The Labute approximate surface area is 129 Å². The summed E-state index contributed by atoms with van der Waals surface area (Å²) in [6, 6.07) is 0. The summed E-state index contributed by atoms with van der Waals surface area (Å²) in [5, 5.41) is 0. The first kappa shape index (κ1) is 16.7. The third kappa shape index (κ3) is 5.57. The van der Waals surface area contributed by atoms with E-state index in [1.807, 2.05) is 0 Å². The number of amides is 1. The van der Waals surface area contributed by atoms with Crippen LogP contribution in [0, 0.1) is 5.41 Å². The smallest absolute Gasteiger partial charge is 0.236 e. The predicted molar refractivity (Wildman–Crippen MR) is 86.4 cm³/mol. The van der Waals surface area contributed by atoms with Gasteiger partial charge < -0.3 is 9.80 Å². The van der Waals surface area contributed by atoms with Gasteiger partial charge in [0, 0.05) is 58.9 Å². The predicted octanol–water partition coefficient (Wildman–Crippen LogP) is 0.424. The Kier molecular flexibility index (Phi) is 5.63. The van der Waals surface area contributed by atoms with Crippen LogP contribution >= 0.6 is 0 Å². The van der Waals surface area contributed by atoms with Crippen LogP contribution in [-0.4, -0.2) is 98.0 Å². The summed E-state index contributed by atoms with van der Waals surface area (Å²) in [5.41, 5.74) is 0.339. The second kappa shape index (κ2) is 7.07. The molecule has 0 saturated carbocycles. The van der Waals surface area contributed by atoms with Gasteiger partial charge in [0.25, 0.3) is 0 Å². The maximum absolute atomic E-state index is 12.4. The zero-order chi connectivity index (χ0) is 15.5. The van der Waals surface area contributed by atoms with Gasteiger partial charge in [0.2, 0.25) is 5.91 Å². The molecule has 0 unspecified atom stereocenters. The van der Waals surface area contributed by atoms with Gasteiger partial charge in [-0.05, 0) is 12.5 Å². The molecule has 5 nitrogen and oxygen atoms in total. The highest BCUT2D eigenvalue weighted by atomic mass is 16.2.